The number of nitrogens with one attached hydrogen (secondary N) is 1. The van der Waals surface area contributed by atoms with Gasteiger partial charge in [-0.3, -0.25) is 4.90 Å². The highest BCUT2D eigenvalue weighted by Crippen LogP contribution is 2.14. The molecule has 1 amide bonds. The second kappa shape index (κ2) is 7.26. The van der Waals surface area contributed by atoms with Crippen LogP contribution in [0.1, 0.15) is 18.9 Å². The van der Waals surface area contributed by atoms with Crippen LogP contribution in [0.4, 0.5) is 4.79 Å². The maximum atomic E-state index is 11.5. The first kappa shape index (κ1) is 14.8. The normalized spacial score (nSPS) is 23.3. The Morgan fingerprint density at radius 3 is 2.90 bits per heavy atom. The number of amides is 1. The summed E-state index contributed by atoms with van der Waals surface area (Å²) in [4.78, 5) is 13.7. The van der Waals surface area contributed by atoms with Gasteiger partial charge in [-0.1, -0.05) is 30.3 Å². The lowest BCUT2D eigenvalue weighted by molar-refractivity contribution is 0.0414. The summed E-state index contributed by atoms with van der Waals surface area (Å²) < 4.78 is 4.87. The molecule has 0 unspecified atom stereocenters. The summed E-state index contributed by atoms with van der Waals surface area (Å²) in [5.41, 5.74) is 1.23. The van der Waals surface area contributed by atoms with Gasteiger partial charge in [0.15, 0.2) is 0 Å². The van der Waals surface area contributed by atoms with E-state index in [1.165, 1.54) is 5.56 Å². The molecule has 0 aromatic heterocycles. The van der Waals surface area contributed by atoms with E-state index in [4.69, 9.17) is 4.74 Å². The van der Waals surface area contributed by atoms with Gasteiger partial charge in [0.2, 0.25) is 0 Å². The van der Waals surface area contributed by atoms with Gasteiger partial charge in [-0.15, -0.1) is 0 Å². The van der Waals surface area contributed by atoms with Crippen molar-refractivity contribution in [3.63, 3.8) is 0 Å². The van der Waals surface area contributed by atoms with Gasteiger partial charge in [0.25, 0.3) is 0 Å². The van der Waals surface area contributed by atoms with Crippen molar-refractivity contribution in [1.82, 2.24) is 10.2 Å². The third-order valence-corrected chi connectivity index (χ3v) is 3.49. The Hall–Kier alpha value is -1.59. The second-order valence-electron chi connectivity index (χ2n) is 5.05. The molecule has 2 N–H and O–H groups in total. The summed E-state index contributed by atoms with van der Waals surface area (Å²) in [5, 5.41) is 12.7. The van der Waals surface area contributed by atoms with Crippen LogP contribution in [0.2, 0.25) is 0 Å². The average Bonchev–Trinajstić information content (AvgIpc) is 2.44. The Bertz CT molecular complexity index is 424. The lowest BCUT2D eigenvalue weighted by Gasteiger charge is -2.36. The first-order valence-electron chi connectivity index (χ1n) is 7.06. The zero-order valence-electron chi connectivity index (χ0n) is 11.8. The Morgan fingerprint density at radius 2 is 2.20 bits per heavy atom. The first-order chi connectivity index (χ1) is 9.69. The van der Waals surface area contributed by atoms with Crippen LogP contribution < -0.4 is 5.32 Å². The Labute approximate surface area is 119 Å². The van der Waals surface area contributed by atoms with Crippen LogP contribution in [0.3, 0.4) is 0 Å². The number of likely N-dealkylation sites (tertiary alicyclic amines) is 1. The monoisotopic (exact) mass is 278 g/mol. The second-order valence-corrected chi connectivity index (χ2v) is 5.05. The summed E-state index contributed by atoms with van der Waals surface area (Å²) in [6.07, 6.45) is -0.311. The molecule has 2 atom stereocenters. The van der Waals surface area contributed by atoms with Crippen molar-refractivity contribution in [1.29, 1.82) is 0 Å². The van der Waals surface area contributed by atoms with E-state index in [1.54, 1.807) is 6.92 Å². The summed E-state index contributed by atoms with van der Waals surface area (Å²) in [6.45, 7) is 4.39. The van der Waals surface area contributed by atoms with Crippen LogP contribution >= 0.6 is 0 Å². The predicted molar refractivity (Wildman–Crippen MR) is 76.3 cm³/mol. The number of carbonyl (C=O) groups excluding carboxylic acids is 1. The fourth-order valence-corrected chi connectivity index (χ4v) is 2.46. The van der Waals surface area contributed by atoms with E-state index in [1.807, 2.05) is 18.2 Å². The molecule has 0 radical (unpaired) electrons. The summed E-state index contributed by atoms with van der Waals surface area (Å²) >= 11 is 0. The van der Waals surface area contributed by atoms with Gasteiger partial charge in [-0.2, -0.15) is 0 Å². The molecule has 1 aromatic carbocycles. The number of hydrogen-bond donors (Lipinski definition) is 2. The number of aliphatic hydroxyl groups excluding tert-OH is 1. The van der Waals surface area contributed by atoms with Crippen LogP contribution in [-0.2, 0) is 11.3 Å². The Morgan fingerprint density at radius 1 is 1.45 bits per heavy atom. The first-order valence-corrected chi connectivity index (χ1v) is 7.06. The van der Waals surface area contributed by atoms with Gasteiger partial charge >= 0.3 is 6.09 Å². The maximum absolute atomic E-state index is 11.5. The molecule has 0 spiro atoms. The lowest BCUT2D eigenvalue weighted by atomic mass is 10.0. The highest BCUT2D eigenvalue weighted by atomic mass is 16.5. The summed E-state index contributed by atoms with van der Waals surface area (Å²) in [6, 6.07) is 9.92. The van der Waals surface area contributed by atoms with Crippen molar-refractivity contribution in [2.24, 2.45) is 0 Å². The number of hydrogen-bond acceptors (Lipinski definition) is 4. The number of alkyl carbamates (subject to hydrolysis) is 1. The zero-order valence-corrected chi connectivity index (χ0v) is 11.8. The quantitative estimate of drug-likeness (QED) is 0.873. The van der Waals surface area contributed by atoms with Crippen LogP contribution in [0.15, 0.2) is 30.3 Å². The fourth-order valence-electron chi connectivity index (χ4n) is 2.46. The van der Waals surface area contributed by atoms with Crippen LogP contribution in [0, 0.1) is 0 Å². The van der Waals surface area contributed by atoms with Crippen molar-refractivity contribution in [3.05, 3.63) is 35.9 Å². The number of ether oxygens (including phenoxy) is 1. The molecule has 0 bridgehead atoms. The van der Waals surface area contributed by atoms with E-state index < -0.39 is 12.2 Å². The van der Waals surface area contributed by atoms with E-state index in [0.29, 0.717) is 19.6 Å². The van der Waals surface area contributed by atoms with E-state index >= 15 is 0 Å². The Kier molecular flexibility index (Phi) is 5.38. The van der Waals surface area contributed by atoms with Gasteiger partial charge < -0.3 is 15.2 Å². The van der Waals surface area contributed by atoms with Crippen molar-refractivity contribution < 1.29 is 14.6 Å². The molecular formula is C15H22N2O3. The molecule has 5 nitrogen and oxygen atoms in total. The molecular weight excluding hydrogens is 256 g/mol. The summed E-state index contributed by atoms with van der Waals surface area (Å²) in [7, 11) is 0. The predicted octanol–water partition coefficient (Wildman–Crippen LogP) is 1.37. The molecule has 1 saturated heterocycles. The van der Waals surface area contributed by atoms with E-state index in [2.05, 4.69) is 22.3 Å². The van der Waals surface area contributed by atoms with Gasteiger partial charge in [-0.05, 0) is 18.9 Å². The minimum Gasteiger partial charge on any atom is -0.450 e. The van der Waals surface area contributed by atoms with Crippen LogP contribution in [0.5, 0.6) is 0 Å². The molecule has 1 aliphatic heterocycles. The number of benzene rings is 1. The van der Waals surface area contributed by atoms with Crippen molar-refractivity contribution in [2.45, 2.75) is 32.0 Å². The van der Waals surface area contributed by atoms with Crippen molar-refractivity contribution >= 4 is 6.09 Å². The summed E-state index contributed by atoms with van der Waals surface area (Å²) in [5.74, 6) is 0. The van der Waals surface area contributed by atoms with Gasteiger partial charge in [0.05, 0.1) is 18.8 Å². The SMILES string of the molecule is CCOC(=O)N[C@@H]1CN(Cc2ccccc2)CC[C@H]1O. The highest BCUT2D eigenvalue weighted by molar-refractivity contribution is 5.67. The molecule has 1 aromatic rings. The van der Waals surface area contributed by atoms with Gasteiger partial charge in [0, 0.05) is 19.6 Å². The average molecular weight is 278 g/mol. The molecule has 20 heavy (non-hydrogen) atoms. The van der Waals surface area contributed by atoms with Crippen LogP contribution in [-0.4, -0.2) is 47.9 Å². The minimum atomic E-state index is -0.508. The third kappa shape index (κ3) is 4.21. The smallest absolute Gasteiger partial charge is 0.407 e. The maximum Gasteiger partial charge on any atom is 0.407 e. The zero-order chi connectivity index (χ0) is 14.4. The fraction of sp³-hybridized carbons (Fsp3) is 0.533. The van der Waals surface area contributed by atoms with E-state index in [9.17, 15) is 9.90 Å². The van der Waals surface area contributed by atoms with Gasteiger partial charge in [0.1, 0.15) is 0 Å². The topological polar surface area (TPSA) is 61.8 Å². The van der Waals surface area contributed by atoms with Crippen LogP contribution in [0.25, 0.3) is 0 Å². The van der Waals surface area contributed by atoms with E-state index in [0.717, 1.165) is 13.1 Å². The number of aliphatic hydroxyl groups is 1. The molecule has 110 valence electrons. The number of rotatable bonds is 4. The molecule has 2 rings (SSSR count). The largest absolute Gasteiger partial charge is 0.450 e. The standard InChI is InChI=1S/C15H22N2O3/c1-2-20-15(19)16-13-11-17(9-8-14(13)18)10-12-6-4-3-5-7-12/h3-7,13-14,18H,2,8-11H2,1H3,(H,16,19)/t13-,14-/m1/s1. The highest BCUT2D eigenvalue weighted by Gasteiger charge is 2.29. The number of carbonyl (C=O) groups is 1. The number of nitrogens with zero attached hydrogens (tertiary/aromatic N) is 1. The molecule has 1 aliphatic rings. The molecule has 0 aliphatic carbocycles. The molecule has 1 fully saturated rings. The van der Waals surface area contributed by atoms with E-state index in [-0.39, 0.29) is 6.04 Å². The molecule has 0 saturated carbocycles. The minimum absolute atomic E-state index is 0.272. The third-order valence-electron chi connectivity index (χ3n) is 3.49. The van der Waals surface area contributed by atoms with Crippen molar-refractivity contribution in [3.8, 4) is 0 Å². The Balaban J connectivity index is 1.89. The molecule has 1 heterocycles. The van der Waals surface area contributed by atoms with Crippen molar-refractivity contribution in [2.75, 3.05) is 19.7 Å². The number of piperidine rings is 1. The molecule has 5 heteroatoms. The lowest BCUT2D eigenvalue weighted by Crippen LogP contribution is -2.54. The van der Waals surface area contributed by atoms with Gasteiger partial charge in [-0.25, -0.2) is 4.79 Å².